The summed E-state index contributed by atoms with van der Waals surface area (Å²) in [5.41, 5.74) is 0.729. The topological polar surface area (TPSA) is 0 Å². The van der Waals surface area contributed by atoms with Crippen LogP contribution < -0.4 is 0 Å². The SMILES string of the molecule is CCC(C)C1(CC)CCCCC1. The quantitative estimate of drug-likeness (QED) is 0.586. The van der Waals surface area contributed by atoms with Crippen molar-refractivity contribution in [2.24, 2.45) is 11.3 Å². The molecule has 72 valence electrons. The van der Waals surface area contributed by atoms with E-state index in [1.54, 1.807) is 0 Å². The van der Waals surface area contributed by atoms with Gasteiger partial charge in [-0.1, -0.05) is 52.9 Å². The Morgan fingerprint density at radius 2 is 1.67 bits per heavy atom. The highest BCUT2D eigenvalue weighted by molar-refractivity contribution is 4.85. The summed E-state index contributed by atoms with van der Waals surface area (Å²) >= 11 is 0. The first-order chi connectivity index (χ1) is 5.75. The monoisotopic (exact) mass is 168 g/mol. The average molecular weight is 168 g/mol. The van der Waals surface area contributed by atoms with Crippen LogP contribution in [0.25, 0.3) is 0 Å². The fraction of sp³-hybridized carbons (Fsp3) is 1.00. The van der Waals surface area contributed by atoms with Crippen LogP contribution in [0.4, 0.5) is 0 Å². The van der Waals surface area contributed by atoms with Crippen molar-refractivity contribution in [3.8, 4) is 0 Å². The molecule has 0 bridgehead atoms. The average Bonchev–Trinajstić information content (AvgIpc) is 2.17. The highest BCUT2D eigenvalue weighted by Gasteiger charge is 2.34. The molecule has 0 amide bonds. The molecule has 0 saturated heterocycles. The summed E-state index contributed by atoms with van der Waals surface area (Å²) in [6.07, 6.45) is 10.2. The molecular formula is C12H24. The predicted molar refractivity (Wildman–Crippen MR) is 55.3 cm³/mol. The predicted octanol–water partition coefficient (Wildman–Crippen LogP) is 4.39. The van der Waals surface area contributed by atoms with Crippen molar-refractivity contribution in [1.29, 1.82) is 0 Å². The normalized spacial score (nSPS) is 25.2. The van der Waals surface area contributed by atoms with Crippen LogP contribution in [0.2, 0.25) is 0 Å². The Balaban J connectivity index is 2.59. The maximum Gasteiger partial charge on any atom is -0.0275 e. The molecule has 0 aromatic rings. The lowest BCUT2D eigenvalue weighted by molar-refractivity contribution is 0.0981. The molecular weight excluding hydrogens is 144 g/mol. The van der Waals surface area contributed by atoms with Crippen LogP contribution in [0.15, 0.2) is 0 Å². The first kappa shape index (κ1) is 10.1. The number of rotatable bonds is 3. The van der Waals surface area contributed by atoms with Crippen molar-refractivity contribution in [3.63, 3.8) is 0 Å². The summed E-state index contributed by atoms with van der Waals surface area (Å²) in [6.45, 7) is 7.18. The van der Waals surface area contributed by atoms with E-state index in [0.717, 1.165) is 11.3 Å². The second-order valence-electron chi connectivity index (χ2n) is 4.59. The van der Waals surface area contributed by atoms with Crippen LogP contribution in [0.3, 0.4) is 0 Å². The van der Waals surface area contributed by atoms with E-state index in [1.807, 2.05) is 0 Å². The summed E-state index contributed by atoms with van der Waals surface area (Å²) in [5.74, 6) is 0.947. The lowest BCUT2D eigenvalue weighted by atomic mass is 9.64. The van der Waals surface area contributed by atoms with Gasteiger partial charge in [0.2, 0.25) is 0 Å². The molecule has 1 aliphatic rings. The summed E-state index contributed by atoms with van der Waals surface area (Å²) in [5, 5.41) is 0. The van der Waals surface area contributed by atoms with Gasteiger partial charge in [0.1, 0.15) is 0 Å². The highest BCUT2D eigenvalue weighted by atomic mass is 14.4. The summed E-state index contributed by atoms with van der Waals surface area (Å²) in [4.78, 5) is 0. The van der Waals surface area contributed by atoms with Crippen LogP contribution in [-0.4, -0.2) is 0 Å². The molecule has 0 N–H and O–H groups in total. The highest BCUT2D eigenvalue weighted by Crippen LogP contribution is 2.46. The summed E-state index contributed by atoms with van der Waals surface area (Å²) in [7, 11) is 0. The Hall–Kier alpha value is 0. The van der Waals surface area contributed by atoms with Crippen molar-refractivity contribution < 1.29 is 0 Å². The van der Waals surface area contributed by atoms with Crippen LogP contribution in [-0.2, 0) is 0 Å². The molecule has 1 rings (SSSR count). The molecule has 1 unspecified atom stereocenters. The van der Waals surface area contributed by atoms with Gasteiger partial charge < -0.3 is 0 Å². The van der Waals surface area contributed by atoms with Gasteiger partial charge in [0.05, 0.1) is 0 Å². The second kappa shape index (κ2) is 4.30. The molecule has 0 aromatic carbocycles. The van der Waals surface area contributed by atoms with Crippen molar-refractivity contribution in [3.05, 3.63) is 0 Å². The van der Waals surface area contributed by atoms with Crippen LogP contribution in [0.1, 0.15) is 65.7 Å². The zero-order valence-electron chi connectivity index (χ0n) is 9.03. The molecule has 0 aliphatic heterocycles. The van der Waals surface area contributed by atoms with Gasteiger partial charge >= 0.3 is 0 Å². The first-order valence-corrected chi connectivity index (χ1v) is 5.75. The van der Waals surface area contributed by atoms with E-state index in [0.29, 0.717) is 0 Å². The molecule has 0 heterocycles. The Morgan fingerprint density at radius 1 is 1.08 bits per heavy atom. The minimum Gasteiger partial charge on any atom is -0.0651 e. The van der Waals surface area contributed by atoms with E-state index in [2.05, 4.69) is 20.8 Å². The summed E-state index contributed by atoms with van der Waals surface area (Å²) in [6, 6.07) is 0. The molecule has 1 fully saturated rings. The number of hydrogen-bond donors (Lipinski definition) is 0. The molecule has 0 spiro atoms. The van der Waals surface area contributed by atoms with Crippen molar-refractivity contribution >= 4 is 0 Å². The zero-order chi connectivity index (χ0) is 9.03. The van der Waals surface area contributed by atoms with Crippen LogP contribution in [0, 0.1) is 11.3 Å². The largest absolute Gasteiger partial charge is 0.0651 e. The Labute approximate surface area is 77.7 Å². The van der Waals surface area contributed by atoms with E-state index < -0.39 is 0 Å². The first-order valence-electron chi connectivity index (χ1n) is 5.75. The van der Waals surface area contributed by atoms with Crippen molar-refractivity contribution in [1.82, 2.24) is 0 Å². The minimum absolute atomic E-state index is 0.729. The molecule has 0 aromatic heterocycles. The lowest BCUT2D eigenvalue weighted by Crippen LogP contribution is -2.30. The van der Waals surface area contributed by atoms with Gasteiger partial charge in [-0.25, -0.2) is 0 Å². The Morgan fingerprint density at radius 3 is 2.08 bits per heavy atom. The van der Waals surface area contributed by atoms with Gasteiger partial charge in [-0.2, -0.15) is 0 Å². The molecule has 1 aliphatic carbocycles. The van der Waals surface area contributed by atoms with Gasteiger partial charge in [-0.15, -0.1) is 0 Å². The van der Waals surface area contributed by atoms with Gasteiger partial charge in [0.15, 0.2) is 0 Å². The van der Waals surface area contributed by atoms with Gasteiger partial charge in [-0.3, -0.25) is 0 Å². The third-order valence-electron chi connectivity index (χ3n) is 4.21. The zero-order valence-corrected chi connectivity index (χ0v) is 9.03. The Bertz CT molecular complexity index is 120. The maximum absolute atomic E-state index is 2.45. The van der Waals surface area contributed by atoms with Gasteiger partial charge in [-0.05, 0) is 24.2 Å². The van der Waals surface area contributed by atoms with Gasteiger partial charge in [0.25, 0.3) is 0 Å². The van der Waals surface area contributed by atoms with E-state index in [4.69, 9.17) is 0 Å². The van der Waals surface area contributed by atoms with Crippen molar-refractivity contribution in [2.45, 2.75) is 65.7 Å². The molecule has 0 nitrogen and oxygen atoms in total. The Kier molecular flexibility index (Phi) is 3.61. The third kappa shape index (κ3) is 1.84. The second-order valence-corrected chi connectivity index (χ2v) is 4.59. The molecule has 1 atom stereocenters. The standard InChI is InChI=1S/C12H24/c1-4-11(3)12(5-2)9-7-6-8-10-12/h11H,4-10H2,1-3H3. The van der Waals surface area contributed by atoms with Gasteiger partial charge in [0, 0.05) is 0 Å². The minimum atomic E-state index is 0.729. The lowest BCUT2D eigenvalue weighted by Gasteiger charge is -2.41. The molecule has 12 heavy (non-hydrogen) atoms. The summed E-state index contributed by atoms with van der Waals surface area (Å²) < 4.78 is 0. The molecule has 0 heteroatoms. The van der Waals surface area contributed by atoms with Crippen molar-refractivity contribution in [2.75, 3.05) is 0 Å². The number of hydrogen-bond acceptors (Lipinski definition) is 0. The van der Waals surface area contributed by atoms with Crippen LogP contribution in [0.5, 0.6) is 0 Å². The molecule has 1 saturated carbocycles. The van der Waals surface area contributed by atoms with E-state index in [9.17, 15) is 0 Å². The van der Waals surface area contributed by atoms with E-state index >= 15 is 0 Å². The third-order valence-corrected chi connectivity index (χ3v) is 4.21. The van der Waals surface area contributed by atoms with E-state index in [1.165, 1.54) is 44.9 Å². The molecule has 0 radical (unpaired) electrons. The maximum atomic E-state index is 2.45. The van der Waals surface area contributed by atoms with E-state index in [-0.39, 0.29) is 0 Å². The fourth-order valence-electron chi connectivity index (χ4n) is 2.88. The van der Waals surface area contributed by atoms with Crippen LogP contribution >= 0.6 is 0 Å². The smallest absolute Gasteiger partial charge is 0.0275 e. The fourth-order valence-corrected chi connectivity index (χ4v) is 2.88.